The van der Waals surface area contributed by atoms with Crippen LogP contribution in [0.15, 0.2) is 61.1 Å². The summed E-state index contributed by atoms with van der Waals surface area (Å²) in [5, 5.41) is 27.3. The van der Waals surface area contributed by atoms with Gasteiger partial charge in [-0.15, -0.1) is 0 Å². The molecule has 0 amide bonds. The molecule has 1 atom stereocenters. The minimum Gasteiger partial charge on any atom is -0.489 e. The molecule has 2 aliphatic heterocycles. The molecule has 2 N–H and O–H groups in total. The zero-order valence-electron chi connectivity index (χ0n) is 21.4. The quantitative estimate of drug-likeness (QED) is 0.385. The van der Waals surface area contributed by atoms with Gasteiger partial charge >= 0.3 is 0 Å². The Hall–Kier alpha value is -4.49. The summed E-state index contributed by atoms with van der Waals surface area (Å²) in [5.74, 6) is 0.104. The molecule has 1 aromatic carbocycles. The first-order chi connectivity index (χ1) is 18.6. The van der Waals surface area contributed by atoms with Crippen molar-refractivity contribution >= 4 is 17.0 Å². The molecule has 8 nitrogen and oxygen atoms in total. The minimum absolute atomic E-state index is 0.0271. The Bertz CT molecular complexity index is 1630. The van der Waals surface area contributed by atoms with Crippen molar-refractivity contribution < 1.29 is 18.6 Å². The molecule has 1 fully saturated rings. The van der Waals surface area contributed by atoms with Gasteiger partial charge in [-0.1, -0.05) is 6.07 Å². The summed E-state index contributed by atoms with van der Waals surface area (Å²) in [5.41, 5.74) is 1.65. The van der Waals surface area contributed by atoms with E-state index in [9.17, 15) is 19.1 Å². The van der Waals surface area contributed by atoms with E-state index in [0.717, 1.165) is 29.9 Å². The topological polar surface area (TPSA) is 98.7 Å². The van der Waals surface area contributed by atoms with Gasteiger partial charge in [0, 0.05) is 36.1 Å². The lowest BCUT2D eigenvalue weighted by Gasteiger charge is -2.39. The number of aromatic nitrogens is 3. The van der Waals surface area contributed by atoms with Crippen molar-refractivity contribution in [3.8, 4) is 22.9 Å². The van der Waals surface area contributed by atoms with E-state index < -0.39 is 17.2 Å². The summed E-state index contributed by atoms with van der Waals surface area (Å²) in [7, 11) is 0. The number of ether oxygens (including phenoxy) is 1. The van der Waals surface area contributed by atoms with Gasteiger partial charge in [-0.25, -0.2) is 18.3 Å². The zero-order valence-corrected chi connectivity index (χ0v) is 21.4. The van der Waals surface area contributed by atoms with Crippen molar-refractivity contribution in [2.45, 2.75) is 31.4 Å². The third kappa shape index (κ3) is 4.55. The van der Waals surface area contributed by atoms with Crippen LogP contribution in [-0.2, 0) is 0 Å². The predicted octanol–water partition coefficient (Wildman–Crippen LogP) is 4.29. The number of fused-ring (bicyclic) bond motifs is 1. The lowest BCUT2D eigenvalue weighted by atomic mass is 9.87. The zero-order chi connectivity index (χ0) is 27.4. The Morgan fingerprint density at radius 1 is 1.21 bits per heavy atom. The van der Waals surface area contributed by atoms with E-state index in [0.29, 0.717) is 29.1 Å². The molecule has 0 aliphatic carbocycles. The highest BCUT2D eigenvalue weighted by molar-refractivity contribution is 5.85. The maximum absolute atomic E-state index is 14.2. The Balaban J connectivity index is 1.25. The van der Waals surface area contributed by atoms with Gasteiger partial charge in [0.25, 0.3) is 0 Å². The molecular formula is C29H26F2N6O2. The monoisotopic (exact) mass is 528 g/mol. The van der Waals surface area contributed by atoms with Crippen LogP contribution < -0.4 is 15.0 Å². The SMILES string of the molecule is CC(C)(O)COc1cc(-c2ccc(N3CC[C@@]4(C=C(c5c(F)cccc5F)N4)C3)nc2)c2c(C#N)cnn2c1. The molecule has 39 heavy (non-hydrogen) atoms. The smallest absolute Gasteiger partial charge is 0.138 e. The summed E-state index contributed by atoms with van der Waals surface area (Å²) in [6, 6.07) is 11.7. The summed E-state index contributed by atoms with van der Waals surface area (Å²) in [6.07, 6.45) is 7.61. The van der Waals surface area contributed by atoms with Gasteiger partial charge in [0.05, 0.1) is 40.2 Å². The molecule has 0 bridgehead atoms. The maximum atomic E-state index is 14.2. The fraction of sp³-hybridized carbons (Fsp3) is 0.276. The molecule has 3 aromatic heterocycles. The number of hydrogen-bond donors (Lipinski definition) is 2. The second-order valence-corrected chi connectivity index (χ2v) is 10.7. The second-order valence-electron chi connectivity index (χ2n) is 10.7. The second kappa shape index (κ2) is 9.06. The Morgan fingerprint density at radius 3 is 2.64 bits per heavy atom. The van der Waals surface area contributed by atoms with Crippen LogP contribution in [0, 0.1) is 23.0 Å². The van der Waals surface area contributed by atoms with Crippen molar-refractivity contribution in [1.29, 1.82) is 5.26 Å². The minimum atomic E-state index is -1.01. The van der Waals surface area contributed by atoms with Crippen LogP contribution >= 0.6 is 0 Å². The molecule has 6 rings (SSSR count). The highest BCUT2D eigenvalue weighted by atomic mass is 19.1. The lowest BCUT2D eigenvalue weighted by molar-refractivity contribution is 0.0283. The van der Waals surface area contributed by atoms with Gasteiger partial charge < -0.3 is 20.1 Å². The van der Waals surface area contributed by atoms with E-state index in [-0.39, 0.29) is 17.7 Å². The molecule has 0 radical (unpaired) electrons. The maximum Gasteiger partial charge on any atom is 0.138 e. The third-order valence-electron chi connectivity index (χ3n) is 7.02. The number of nitriles is 1. The highest BCUT2D eigenvalue weighted by Crippen LogP contribution is 2.39. The van der Waals surface area contributed by atoms with Gasteiger partial charge in [-0.3, -0.25) is 0 Å². The van der Waals surface area contributed by atoms with Crippen LogP contribution in [0.1, 0.15) is 31.4 Å². The highest BCUT2D eigenvalue weighted by Gasteiger charge is 2.44. The van der Waals surface area contributed by atoms with Crippen LogP contribution in [-0.4, -0.2) is 50.5 Å². The van der Waals surface area contributed by atoms with Crippen molar-refractivity contribution in [1.82, 2.24) is 19.9 Å². The molecule has 10 heteroatoms. The Morgan fingerprint density at radius 2 is 1.97 bits per heavy atom. The van der Waals surface area contributed by atoms with Gasteiger partial charge in [0.15, 0.2) is 0 Å². The number of rotatable bonds is 6. The fourth-order valence-corrected chi connectivity index (χ4v) is 5.15. The van der Waals surface area contributed by atoms with Crippen molar-refractivity contribution in [2.75, 3.05) is 24.6 Å². The number of pyridine rings is 2. The summed E-state index contributed by atoms with van der Waals surface area (Å²) in [6.45, 7) is 4.76. The normalized spacial score (nSPS) is 18.6. The number of nitrogens with zero attached hydrogens (tertiary/aromatic N) is 5. The molecule has 1 saturated heterocycles. The van der Waals surface area contributed by atoms with Crippen molar-refractivity contribution in [3.63, 3.8) is 0 Å². The average Bonchev–Trinajstić information content (AvgIpc) is 3.51. The van der Waals surface area contributed by atoms with E-state index >= 15 is 0 Å². The standard InChI is InChI=1S/C29H26F2N6O2/c1-28(2,38)17-39-20-10-21(27-19(12-32)14-34-37(27)15-20)18-6-7-25(33-13-18)36-9-8-29(16-36)11-24(35-29)26-22(30)4-3-5-23(26)31/h3-7,10-11,13-15,35,38H,8-9,16-17H2,1-2H3/t29-/m1/s1. The predicted molar refractivity (Wildman–Crippen MR) is 142 cm³/mol. The number of anilines is 1. The Labute approximate surface area is 223 Å². The van der Waals surface area contributed by atoms with Crippen LogP contribution in [0.4, 0.5) is 14.6 Å². The van der Waals surface area contributed by atoms with Gasteiger partial charge in [0.1, 0.15) is 35.9 Å². The van der Waals surface area contributed by atoms with Gasteiger partial charge in [-0.2, -0.15) is 10.4 Å². The molecule has 2 aliphatic rings. The molecule has 1 spiro atoms. The van der Waals surface area contributed by atoms with Crippen molar-refractivity contribution in [2.24, 2.45) is 0 Å². The summed E-state index contributed by atoms with van der Waals surface area (Å²) >= 11 is 0. The molecule has 4 aromatic rings. The van der Waals surface area contributed by atoms with Crippen LogP contribution in [0.25, 0.3) is 22.3 Å². The van der Waals surface area contributed by atoms with Crippen LogP contribution in [0.5, 0.6) is 5.75 Å². The van der Waals surface area contributed by atoms with Gasteiger partial charge in [-0.05, 0) is 56.7 Å². The third-order valence-corrected chi connectivity index (χ3v) is 7.02. The fourth-order valence-electron chi connectivity index (χ4n) is 5.15. The number of nitrogens with one attached hydrogen (secondary N) is 1. The van der Waals surface area contributed by atoms with Crippen molar-refractivity contribution in [3.05, 3.63) is 83.8 Å². The molecule has 198 valence electrons. The summed E-state index contributed by atoms with van der Waals surface area (Å²) in [4.78, 5) is 6.82. The molecule has 0 saturated carbocycles. The largest absolute Gasteiger partial charge is 0.489 e. The average molecular weight is 529 g/mol. The number of benzene rings is 1. The van der Waals surface area contributed by atoms with E-state index in [1.165, 1.54) is 24.4 Å². The van der Waals surface area contributed by atoms with E-state index in [1.807, 2.05) is 24.3 Å². The van der Waals surface area contributed by atoms with E-state index in [1.54, 1.807) is 30.8 Å². The van der Waals surface area contributed by atoms with Gasteiger partial charge in [0.2, 0.25) is 0 Å². The first-order valence-corrected chi connectivity index (χ1v) is 12.6. The summed E-state index contributed by atoms with van der Waals surface area (Å²) < 4.78 is 35.8. The van der Waals surface area contributed by atoms with Crippen LogP contribution in [0.2, 0.25) is 0 Å². The van der Waals surface area contributed by atoms with E-state index in [2.05, 4.69) is 21.4 Å². The molecule has 0 unspecified atom stereocenters. The molecular weight excluding hydrogens is 502 g/mol. The molecule has 5 heterocycles. The first kappa shape index (κ1) is 24.8. The number of halogens is 2. The number of aliphatic hydroxyl groups is 1. The number of hydrogen-bond acceptors (Lipinski definition) is 7. The lowest BCUT2D eigenvalue weighted by Crippen LogP contribution is -2.52. The van der Waals surface area contributed by atoms with E-state index in [4.69, 9.17) is 9.72 Å². The van der Waals surface area contributed by atoms with Crippen LogP contribution in [0.3, 0.4) is 0 Å². The Kier molecular flexibility index (Phi) is 5.77. The first-order valence-electron chi connectivity index (χ1n) is 12.6.